The highest BCUT2D eigenvalue weighted by Gasteiger charge is 2.39. The number of rotatable bonds is 1. The highest BCUT2D eigenvalue weighted by Crippen LogP contribution is 2.32. The van der Waals surface area contributed by atoms with E-state index >= 15 is 0 Å². The number of imidazole rings is 1. The van der Waals surface area contributed by atoms with Gasteiger partial charge in [0.15, 0.2) is 5.82 Å². The number of aromatic nitrogens is 2. The molecular weight excluding hydrogens is 300 g/mol. The van der Waals surface area contributed by atoms with Crippen LogP contribution in [-0.2, 0) is 0 Å². The van der Waals surface area contributed by atoms with Gasteiger partial charge in [-0.05, 0) is 25.0 Å². The molecule has 5 rings (SSSR count). The summed E-state index contributed by atoms with van der Waals surface area (Å²) in [7, 11) is 0. The van der Waals surface area contributed by atoms with Crippen molar-refractivity contribution in [2.24, 2.45) is 4.99 Å². The Morgan fingerprint density at radius 3 is 2.75 bits per heavy atom. The summed E-state index contributed by atoms with van der Waals surface area (Å²) in [6, 6.07) is 15.7. The van der Waals surface area contributed by atoms with Gasteiger partial charge in [0.2, 0.25) is 5.78 Å². The quantitative estimate of drug-likeness (QED) is 0.693. The molecule has 0 spiro atoms. The minimum absolute atomic E-state index is 0.121. The molecule has 2 aromatic heterocycles. The summed E-state index contributed by atoms with van der Waals surface area (Å²) in [5.41, 5.74) is 2.40. The zero-order valence-corrected chi connectivity index (χ0v) is 13.1. The molecule has 2 aliphatic heterocycles. The van der Waals surface area contributed by atoms with Gasteiger partial charge in [-0.2, -0.15) is 0 Å². The second-order valence-electron chi connectivity index (χ2n) is 6.23. The zero-order chi connectivity index (χ0) is 16.1. The van der Waals surface area contributed by atoms with Gasteiger partial charge in [-0.1, -0.05) is 36.4 Å². The molecule has 118 valence electrons. The number of hydrogen-bond acceptors (Lipinski definition) is 4. The normalized spacial score (nSPS) is 19.8. The van der Waals surface area contributed by atoms with Gasteiger partial charge < -0.3 is 4.90 Å². The summed E-state index contributed by atoms with van der Waals surface area (Å²) in [6.45, 7) is 0.858. The molecule has 1 atom stereocenters. The summed E-state index contributed by atoms with van der Waals surface area (Å²) < 4.78 is 1.87. The number of carbonyl (C=O) groups excluding carboxylic acids is 1. The molecule has 1 saturated heterocycles. The maximum Gasteiger partial charge on any atom is 0.205 e. The van der Waals surface area contributed by atoms with E-state index in [0.29, 0.717) is 11.5 Å². The molecule has 0 bridgehead atoms. The lowest BCUT2D eigenvalue weighted by atomic mass is 10.1. The molecule has 0 saturated carbocycles. The lowest BCUT2D eigenvalue weighted by Crippen LogP contribution is -2.40. The molecule has 0 N–H and O–H groups in total. The Hall–Kier alpha value is -2.95. The molecule has 4 heterocycles. The fraction of sp³-hybridized carbons (Fsp3) is 0.211. The third-order valence-corrected chi connectivity index (χ3v) is 4.82. The van der Waals surface area contributed by atoms with Crippen LogP contribution in [-0.4, -0.2) is 38.5 Å². The van der Waals surface area contributed by atoms with Crippen LogP contribution in [0.1, 0.15) is 28.9 Å². The van der Waals surface area contributed by atoms with Crippen molar-refractivity contribution < 1.29 is 4.79 Å². The van der Waals surface area contributed by atoms with Gasteiger partial charge in [0.1, 0.15) is 17.2 Å². The first kappa shape index (κ1) is 13.5. The molecule has 2 aliphatic rings. The van der Waals surface area contributed by atoms with Crippen molar-refractivity contribution >= 4 is 23.1 Å². The minimum Gasteiger partial charge on any atom is -0.346 e. The maximum absolute atomic E-state index is 13.2. The number of carbonyl (C=O) groups is 1. The van der Waals surface area contributed by atoms with Gasteiger partial charge in [0.25, 0.3) is 0 Å². The Morgan fingerprint density at radius 2 is 1.88 bits per heavy atom. The lowest BCUT2D eigenvalue weighted by molar-refractivity contribution is 0.0911. The number of pyridine rings is 1. The van der Waals surface area contributed by atoms with Crippen molar-refractivity contribution in [3.05, 3.63) is 66.0 Å². The van der Waals surface area contributed by atoms with Crippen molar-refractivity contribution in [3.63, 3.8) is 0 Å². The Bertz CT molecular complexity index is 973. The Kier molecular flexibility index (Phi) is 2.82. The molecule has 1 aromatic carbocycles. The average molecular weight is 316 g/mol. The summed E-state index contributed by atoms with van der Waals surface area (Å²) in [6.07, 6.45) is 3.76. The topological polar surface area (TPSA) is 50.0 Å². The number of ketones is 1. The lowest BCUT2D eigenvalue weighted by Gasteiger charge is -2.25. The van der Waals surface area contributed by atoms with Gasteiger partial charge in [-0.3, -0.25) is 9.20 Å². The second-order valence-corrected chi connectivity index (χ2v) is 6.23. The van der Waals surface area contributed by atoms with Crippen LogP contribution in [0.15, 0.2) is 59.7 Å². The van der Waals surface area contributed by atoms with Crippen LogP contribution in [0, 0.1) is 0 Å². The van der Waals surface area contributed by atoms with E-state index in [1.807, 2.05) is 59.1 Å². The Balaban J connectivity index is 1.79. The molecule has 3 aromatic rings. The number of fused-ring (bicyclic) bond motifs is 4. The monoisotopic (exact) mass is 316 g/mol. The van der Waals surface area contributed by atoms with Gasteiger partial charge in [-0.25, -0.2) is 9.98 Å². The van der Waals surface area contributed by atoms with E-state index in [1.54, 1.807) is 0 Å². The van der Waals surface area contributed by atoms with Crippen LogP contribution in [0.3, 0.4) is 0 Å². The van der Waals surface area contributed by atoms with Crippen LogP contribution < -0.4 is 0 Å². The second kappa shape index (κ2) is 5.03. The molecule has 5 heteroatoms. The van der Waals surface area contributed by atoms with Crippen molar-refractivity contribution in [1.29, 1.82) is 0 Å². The first-order chi connectivity index (χ1) is 11.8. The molecule has 24 heavy (non-hydrogen) atoms. The van der Waals surface area contributed by atoms with E-state index in [9.17, 15) is 4.79 Å². The third-order valence-electron chi connectivity index (χ3n) is 4.82. The van der Waals surface area contributed by atoms with Crippen LogP contribution in [0.4, 0.5) is 5.82 Å². The highest BCUT2D eigenvalue weighted by molar-refractivity contribution is 6.11. The highest BCUT2D eigenvalue weighted by atomic mass is 16.1. The van der Waals surface area contributed by atoms with Crippen LogP contribution in [0.5, 0.6) is 0 Å². The molecular formula is C19H16N4O. The number of Topliss-reactive ketones (excluding diaryl/α,β-unsaturated/α-hetero) is 1. The number of benzene rings is 1. The number of nitrogens with zero attached hydrogens (tertiary/aromatic N) is 4. The third kappa shape index (κ3) is 1.84. The fourth-order valence-corrected chi connectivity index (χ4v) is 3.72. The van der Waals surface area contributed by atoms with E-state index in [-0.39, 0.29) is 11.8 Å². The smallest absolute Gasteiger partial charge is 0.205 e. The van der Waals surface area contributed by atoms with Crippen LogP contribution >= 0.6 is 0 Å². The molecule has 0 radical (unpaired) electrons. The molecule has 0 unspecified atom stereocenters. The molecule has 5 nitrogen and oxygen atoms in total. The maximum atomic E-state index is 13.2. The predicted octanol–water partition coefficient (Wildman–Crippen LogP) is 3.07. The van der Waals surface area contributed by atoms with Crippen molar-refractivity contribution in [1.82, 2.24) is 14.3 Å². The Morgan fingerprint density at radius 1 is 1.04 bits per heavy atom. The van der Waals surface area contributed by atoms with Gasteiger partial charge >= 0.3 is 0 Å². The van der Waals surface area contributed by atoms with Gasteiger partial charge in [-0.15, -0.1) is 0 Å². The average Bonchev–Trinajstić information content (AvgIpc) is 3.22. The van der Waals surface area contributed by atoms with Crippen molar-refractivity contribution in [3.8, 4) is 0 Å². The Labute approximate surface area is 139 Å². The SMILES string of the molecule is O=C1c2c(nc3ccccn23)N=C(c2ccccc2)N2CCC[C@@H]12. The first-order valence-corrected chi connectivity index (χ1v) is 8.25. The molecule has 0 amide bonds. The van der Waals surface area contributed by atoms with E-state index < -0.39 is 0 Å². The van der Waals surface area contributed by atoms with E-state index in [2.05, 4.69) is 9.88 Å². The first-order valence-electron chi connectivity index (χ1n) is 8.25. The van der Waals surface area contributed by atoms with Crippen molar-refractivity contribution in [2.45, 2.75) is 18.9 Å². The van der Waals surface area contributed by atoms with Crippen LogP contribution in [0.25, 0.3) is 5.65 Å². The van der Waals surface area contributed by atoms with Crippen LogP contribution in [0.2, 0.25) is 0 Å². The van der Waals surface area contributed by atoms with E-state index in [4.69, 9.17) is 4.99 Å². The minimum atomic E-state index is -0.148. The molecule has 0 aliphatic carbocycles. The zero-order valence-electron chi connectivity index (χ0n) is 13.1. The summed E-state index contributed by atoms with van der Waals surface area (Å²) in [4.78, 5) is 24.8. The summed E-state index contributed by atoms with van der Waals surface area (Å²) in [5.74, 6) is 1.50. The number of amidine groups is 1. The van der Waals surface area contributed by atoms with E-state index in [0.717, 1.165) is 36.4 Å². The predicted molar refractivity (Wildman–Crippen MR) is 91.9 cm³/mol. The summed E-state index contributed by atoms with van der Waals surface area (Å²) in [5, 5.41) is 0. The standard InChI is InChI=1S/C19H16N4O/c24-17-14-9-6-12-22(14)19(13-7-2-1-3-8-13)21-18-16(17)23-11-5-4-10-15(23)20-18/h1-5,7-8,10-11,14H,6,9,12H2/t14-/m0/s1. The number of aliphatic imine (C=N–C) groups is 1. The number of hydrogen-bond donors (Lipinski definition) is 0. The van der Waals surface area contributed by atoms with Crippen molar-refractivity contribution in [2.75, 3.05) is 6.54 Å². The van der Waals surface area contributed by atoms with Gasteiger partial charge in [0, 0.05) is 18.3 Å². The summed E-state index contributed by atoms with van der Waals surface area (Å²) >= 11 is 0. The largest absolute Gasteiger partial charge is 0.346 e. The fourth-order valence-electron chi connectivity index (χ4n) is 3.72. The van der Waals surface area contributed by atoms with Gasteiger partial charge in [0.05, 0.1) is 6.04 Å². The van der Waals surface area contributed by atoms with E-state index in [1.165, 1.54) is 0 Å². The molecule has 1 fully saturated rings.